The van der Waals surface area contributed by atoms with Gasteiger partial charge in [-0.1, -0.05) is 30.0 Å². The van der Waals surface area contributed by atoms with Crippen molar-refractivity contribution in [2.45, 2.75) is 37.4 Å². The van der Waals surface area contributed by atoms with Crippen molar-refractivity contribution in [2.75, 3.05) is 5.75 Å². The van der Waals surface area contributed by atoms with Crippen molar-refractivity contribution in [2.24, 2.45) is 11.0 Å². The second-order valence-corrected chi connectivity index (χ2v) is 11.6. The van der Waals surface area contributed by atoms with Crippen molar-refractivity contribution >= 4 is 63.2 Å². The van der Waals surface area contributed by atoms with Crippen LogP contribution >= 0.6 is 34.4 Å². The van der Waals surface area contributed by atoms with Crippen LogP contribution < -0.4 is 0 Å². The summed E-state index contributed by atoms with van der Waals surface area (Å²) >= 11 is 4.90. The molecule has 1 saturated carbocycles. The monoisotopic (exact) mass is 504 g/mol. The molecule has 4 heterocycles. The quantitative estimate of drug-likeness (QED) is 0.300. The first-order valence-electron chi connectivity index (χ1n) is 11.4. The molecule has 0 spiro atoms. The van der Waals surface area contributed by atoms with Gasteiger partial charge in [0.15, 0.2) is 5.16 Å². The number of hydrogen-bond acceptors (Lipinski definition) is 6. The van der Waals surface area contributed by atoms with Gasteiger partial charge in [-0.3, -0.25) is 4.79 Å². The number of imidazole rings is 1. The number of fused-ring (bicyclic) bond motifs is 2. The maximum atomic E-state index is 13.5. The van der Waals surface area contributed by atoms with E-state index in [0.717, 1.165) is 41.2 Å². The first kappa shape index (κ1) is 21.8. The number of carbonyl (C=O) groups excluding carboxylic acids is 1. The third-order valence-electron chi connectivity index (χ3n) is 6.40. The van der Waals surface area contributed by atoms with Gasteiger partial charge in [0.25, 0.3) is 5.91 Å². The maximum Gasteiger partial charge on any atom is 0.253 e. The van der Waals surface area contributed by atoms with Gasteiger partial charge < -0.3 is 4.98 Å². The number of hydrogen-bond donors (Lipinski definition) is 1. The second kappa shape index (κ2) is 9.17. The van der Waals surface area contributed by atoms with Gasteiger partial charge in [-0.05, 0) is 78.4 Å². The molecule has 8 heteroatoms. The highest BCUT2D eigenvalue weighted by atomic mass is 32.2. The number of benzene rings is 1. The molecule has 172 valence electrons. The number of nitrogens with zero attached hydrogens (tertiary/aromatic N) is 3. The van der Waals surface area contributed by atoms with Crippen LogP contribution in [-0.4, -0.2) is 32.3 Å². The number of carbonyl (C=O) groups is 1. The maximum absolute atomic E-state index is 13.5. The molecule has 4 aromatic rings. The summed E-state index contributed by atoms with van der Waals surface area (Å²) in [5.41, 5.74) is 5.48. The largest absolute Gasteiger partial charge is 0.333 e. The smallest absolute Gasteiger partial charge is 0.253 e. The van der Waals surface area contributed by atoms with Crippen LogP contribution in [0.3, 0.4) is 0 Å². The van der Waals surface area contributed by atoms with Crippen molar-refractivity contribution in [3.63, 3.8) is 0 Å². The first-order chi connectivity index (χ1) is 16.7. The predicted molar refractivity (Wildman–Crippen MR) is 143 cm³/mol. The summed E-state index contributed by atoms with van der Waals surface area (Å²) in [7, 11) is 0. The molecule has 1 aromatic carbocycles. The van der Waals surface area contributed by atoms with Gasteiger partial charge in [0.1, 0.15) is 0 Å². The fourth-order valence-electron chi connectivity index (χ4n) is 4.85. The average molecular weight is 505 g/mol. The number of thiophene rings is 2. The Bertz CT molecular complexity index is 1380. The van der Waals surface area contributed by atoms with E-state index in [-0.39, 0.29) is 17.9 Å². The Morgan fingerprint density at radius 1 is 1.24 bits per heavy atom. The number of H-pyrrole nitrogens is 1. The number of aromatic amines is 1. The molecule has 2 aliphatic rings. The van der Waals surface area contributed by atoms with E-state index in [1.807, 2.05) is 6.07 Å². The molecule has 1 N–H and O–H groups in total. The minimum Gasteiger partial charge on any atom is -0.333 e. The normalized spacial score (nSPS) is 21.3. The zero-order valence-electron chi connectivity index (χ0n) is 18.7. The van der Waals surface area contributed by atoms with E-state index in [4.69, 9.17) is 5.10 Å². The van der Waals surface area contributed by atoms with Gasteiger partial charge in [0, 0.05) is 15.7 Å². The van der Waals surface area contributed by atoms with Crippen molar-refractivity contribution in [3.05, 3.63) is 74.1 Å². The highest BCUT2D eigenvalue weighted by molar-refractivity contribution is 7.99. The summed E-state index contributed by atoms with van der Waals surface area (Å²) in [5, 5.41) is 11.7. The lowest BCUT2D eigenvalue weighted by molar-refractivity contribution is -0.130. The van der Waals surface area contributed by atoms with Crippen molar-refractivity contribution in [1.82, 2.24) is 15.0 Å². The average Bonchev–Trinajstić information content (AvgIpc) is 3.63. The highest BCUT2D eigenvalue weighted by Crippen LogP contribution is 2.46. The van der Waals surface area contributed by atoms with Crippen LogP contribution in [0.2, 0.25) is 0 Å². The van der Waals surface area contributed by atoms with Crippen molar-refractivity contribution < 1.29 is 4.79 Å². The number of aryl methyl sites for hydroxylation is 1. The summed E-state index contributed by atoms with van der Waals surface area (Å²) < 4.78 is 0. The van der Waals surface area contributed by atoms with Crippen LogP contribution in [0.1, 0.15) is 40.6 Å². The summed E-state index contributed by atoms with van der Waals surface area (Å²) in [6.45, 7) is 2.06. The van der Waals surface area contributed by atoms with Gasteiger partial charge >= 0.3 is 0 Å². The van der Waals surface area contributed by atoms with Crippen LogP contribution in [-0.2, 0) is 4.79 Å². The Morgan fingerprint density at radius 3 is 2.94 bits per heavy atom. The molecular formula is C26H24N4OS3. The number of amides is 1. The molecule has 0 bridgehead atoms. The molecule has 6 rings (SSSR count). The van der Waals surface area contributed by atoms with Crippen LogP contribution in [0.5, 0.6) is 0 Å². The zero-order chi connectivity index (χ0) is 23.1. The van der Waals surface area contributed by atoms with E-state index < -0.39 is 0 Å². The third-order valence-corrected chi connectivity index (χ3v) is 9.02. The molecule has 3 aromatic heterocycles. The van der Waals surface area contributed by atoms with Crippen molar-refractivity contribution in [3.8, 4) is 0 Å². The van der Waals surface area contributed by atoms with Gasteiger partial charge in [0.2, 0.25) is 0 Å². The lowest BCUT2D eigenvalue weighted by Gasteiger charge is -2.28. The number of thioether (sulfide) groups is 1. The van der Waals surface area contributed by atoms with E-state index in [1.54, 1.807) is 27.7 Å². The second-order valence-electron chi connectivity index (χ2n) is 8.72. The topological polar surface area (TPSA) is 61.4 Å². The Morgan fingerprint density at radius 2 is 2.12 bits per heavy atom. The van der Waals surface area contributed by atoms with Crippen molar-refractivity contribution in [1.29, 1.82) is 0 Å². The first-order valence-corrected chi connectivity index (χ1v) is 14.2. The Balaban J connectivity index is 1.27. The van der Waals surface area contributed by atoms with Crippen LogP contribution in [0, 0.1) is 12.8 Å². The van der Waals surface area contributed by atoms with E-state index in [1.165, 1.54) is 32.7 Å². The SMILES string of the molecule is Cc1ccc2nc(SCC(=O)N3N=C4/C(=C\c5cccs5)CCC[C@H]4[C@H]3c3cccs3)[nH]c2c1. The zero-order valence-corrected chi connectivity index (χ0v) is 21.2. The third kappa shape index (κ3) is 4.15. The van der Waals surface area contributed by atoms with E-state index in [2.05, 4.69) is 70.1 Å². The minimum absolute atomic E-state index is 0.0199. The van der Waals surface area contributed by atoms with E-state index in [0.29, 0.717) is 5.75 Å². The Labute approximate surface area is 210 Å². The Kier molecular flexibility index (Phi) is 5.89. The molecule has 1 fully saturated rings. The summed E-state index contributed by atoms with van der Waals surface area (Å²) in [6.07, 6.45) is 5.46. The fraction of sp³-hybridized carbons (Fsp3) is 0.269. The molecular weight excluding hydrogens is 481 g/mol. The number of aromatic nitrogens is 2. The molecule has 1 aliphatic carbocycles. The highest BCUT2D eigenvalue weighted by Gasteiger charge is 2.44. The molecule has 0 unspecified atom stereocenters. The molecule has 1 amide bonds. The van der Waals surface area contributed by atoms with Gasteiger partial charge in [-0.25, -0.2) is 9.99 Å². The minimum atomic E-state index is -0.0199. The number of nitrogens with one attached hydrogen (secondary N) is 1. The van der Waals surface area contributed by atoms with Gasteiger partial charge in [0.05, 0.1) is 28.5 Å². The molecule has 1 aliphatic heterocycles. The van der Waals surface area contributed by atoms with E-state index in [9.17, 15) is 4.79 Å². The predicted octanol–water partition coefficient (Wildman–Crippen LogP) is 6.91. The van der Waals surface area contributed by atoms with E-state index >= 15 is 0 Å². The summed E-state index contributed by atoms with van der Waals surface area (Å²) in [6, 6.07) is 14.6. The van der Waals surface area contributed by atoms with Gasteiger partial charge in [-0.15, -0.1) is 22.7 Å². The number of rotatable bonds is 5. The summed E-state index contributed by atoms with van der Waals surface area (Å²) in [4.78, 5) is 23.9. The molecule has 0 saturated heterocycles. The van der Waals surface area contributed by atoms with Crippen LogP contribution in [0.25, 0.3) is 17.1 Å². The standard InChI is InChI=1S/C26H24N4OS3/c1-16-9-10-20-21(13-16)28-26(27-20)34-15-23(31)30-25(22-8-4-12-33-22)19-7-2-5-17(24(19)29-30)14-18-6-3-11-32-18/h3-4,6,8-14,19,25H,2,5,7,15H2,1H3,(H,27,28)/b17-14-/t19-,25+/m1/s1. The number of hydrazone groups is 1. The fourth-order valence-corrected chi connectivity index (χ4v) is 7.15. The molecule has 2 atom stereocenters. The van der Waals surface area contributed by atoms with Gasteiger partial charge in [-0.2, -0.15) is 5.10 Å². The lowest BCUT2D eigenvalue weighted by atomic mass is 9.79. The lowest BCUT2D eigenvalue weighted by Crippen LogP contribution is -2.32. The van der Waals surface area contributed by atoms with Crippen LogP contribution in [0.15, 0.2) is 69.1 Å². The van der Waals surface area contributed by atoms with Crippen LogP contribution in [0.4, 0.5) is 0 Å². The Hall–Kier alpha value is -2.68. The molecule has 0 radical (unpaired) electrons. The molecule has 34 heavy (non-hydrogen) atoms. The molecule has 5 nitrogen and oxygen atoms in total. The summed E-state index contributed by atoms with van der Waals surface area (Å²) in [5.74, 6) is 0.577. The number of allylic oxidation sites excluding steroid dienone is 1.